The highest BCUT2D eigenvalue weighted by molar-refractivity contribution is 6.30. The lowest BCUT2D eigenvalue weighted by Crippen LogP contribution is -2.33. The van der Waals surface area contributed by atoms with Crippen molar-refractivity contribution >= 4 is 29.0 Å². The molecule has 2 aromatic rings. The van der Waals surface area contributed by atoms with Gasteiger partial charge in [-0.2, -0.15) is 5.26 Å². The minimum absolute atomic E-state index is 0.0104. The molecular formula is C27H26ClN3O5. The molecule has 1 atom stereocenters. The van der Waals surface area contributed by atoms with Crippen LogP contribution < -0.4 is 20.5 Å². The maximum Gasteiger partial charge on any atom is 0.262 e. The summed E-state index contributed by atoms with van der Waals surface area (Å²) in [6.45, 7) is 3.72. The first-order valence-corrected chi connectivity index (χ1v) is 11.7. The van der Waals surface area contributed by atoms with E-state index in [0.717, 1.165) is 0 Å². The van der Waals surface area contributed by atoms with Gasteiger partial charge in [-0.3, -0.25) is 9.59 Å². The van der Waals surface area contributed by atoms with E-state index in [-0.39, 0.29) is 35.2 Å². The van der Waals surface area contributed by atoms with Crippen LogP contribution >= 0.6 is 11.6 Å². The Kier molecular flexibility index (Phi) is 6.95. The number of Topliss-reactive ketones (excluding diaryl/α,β-unsaturated/α-hetero) is 1. The van der Waals surface area contributed by atoms with Gasteiger partial charge in [-0.25, -0.2) is 0 Å². The number of ketones is 1. The van der Waals surface area contributed by atoms with E-state index < -0.39 is 5.92 Å². The molecule has 2 aromatic carbocycles. The summed E-state index contributed by atoms with van der Waals surface area (Å²) in [5.74, 6) is 0.0188. The second kappa shape index (κ2) is 9.96. The van der Waals surface area contributed by atoms with Gasteiger partial charge >= 0.3 is 0 Å². The van der Waals surface area contributed by atoms with Crippen molar-refractivity contribution in [3.63, 3.8) is 0 Å². The van der Waals surface area contributed by atoms with Crippen LogP contribution in [0.25, 0.3) is 0 Å². The van der Waals surface area contributed by atoms with Crippen LogP contribution in [0.1, 0.15) is 38.2 Å². The molecule has 1 amide bonds. The average molecular weight is 508 g/mol. The van der Waals surface area contributed by atoms with Crippen molar-refractivity contribution in [3.05, 3.63) is 75.8 Å². The van der Waals surface area contributed by atoms with Crippen molar-refractivity contribution in [3.8, 4) is 17.6 Å². The molecule has 4 rings (SSSR count). The van der Waals surface area contributed by atoms with Gasteiger partial charge in [0.05, 0.1) is 13.0 Å². The van der Waals surface area contributed by atoms with Gasteiger partial charge in [0.2, 0.25) is 5.88 Å². The standard InChI is InChI=1S/C27H26ClN3O5/c1-27(2)11-19(32)25-22(12-27)36-26(30)18(13-29)24(25)15-7-8-20(21(9-15)34-3)35-14-23(33)31-17-6-4-5-16(28)10-17/h4-10,24H,11-12,14,30H2,1-3H3,(H,31,33)/t24-/m1/s1. The van der Waals surface area contributed by atoms with Gasteiger partial charge < -0.3 is 25.3 Å². The number of benzene rings is 2. The summed E-state index contributed by atoms with van der Waals surface area (Å²) in [7, 11) is 1.47. The number of hydrogen-bond acceptors (Lipinski definition) is 7. The second-order valence-electron chi connectivity index (χ2n) is 9.46. The number of nitrogens with zero attached hydrogens (tertiary/aromatic N) is 1. The highest BCUT2D eigenvalue weighted by atomic mass is 35.5. The largest absolute Gasteiger partial charge is 0.493 e. The molecule has 0 aromatic heterocycles. The number of carbonyl (C=O) groups excluding carboxylic acids is 2. The van der Waals surface area contributed by atoms with E-state index in [4.69, 9.17) is 31.5 Å². The first kappa shape index (κ1) is 25.1. The Bertz CT molecular complexity index is 1340. The molecule has 1 aliphatic carbocycles. The topological polar surface area (TPSA) is 124 Å². The van der Waals surface area contributed by atoms with E-state index >= 15 is 0 Å². The van der Waals surface area contributed by atoms with Gasteiger partial charge in [0.25, 0.3) is 5.91 Å². The number of hydrogen-bond donors (Lipinski definition) is 2. The van der Waals surface area contributed by atoms with Gasteiger partial charge in [0.15, 0.2) is 23.9 Å². The highest BCUT2D eigenvalue weighted by Gasteiger charge is 2.43. The summed E-state index contributed by atoms with van der Waals surface area (Å²) in [4.78, 5) is 25.5. The molecule has 3 N–H and O–H groups in total. The third kappa shape index (κ3) is 5.16. The van der Waals surface area contributed by atoms with E-state index in [1.165, 1.54) is 7.11 Å². The number of nitriles is 1. The predicted octanol–water partition coefficient (Wildman–Crippen LogP) is 4.82. The average Bonchev–Trinajstić information content (AvgIpc) is 2.81. The molecule has 0 saturated heterocycles. The Hall–Kier alpha value is -3.96. The van der Waals surface area contributed by atoms with Crippen molar-refractivity contribution in [2.24, 2.45) is 11.1 Å². The lowest BCUT2D eigenvalue weighted by atomic mass is 9.70. The fraction of sp³-hybridized carbons (Fsp3) is 0.296. The number of ether oxygens (including phenoxy) is 3. The zero-order chi connectivity index (χ0) is 26.0. The first-order valence-electron chi connectivity index (χ1n) is 11.3. The lowest BCUT2D eigenvalue weighted by molar-refractivity contribution is -0.119. The second-order valence-corrected chi connectivity index (χ2v) is 9.90. The highest BCUT2D eigenvalue weighted by Crippen LogP contribution is 2.48. The molecule has 1 aliphatic heterocycles. The molecule has 0 radical (unpaired) electrons. The Morgan fingerprint density at radius 2 is 2.03 bits per heavy atom. The van der Waals surface area contributed by atoms with E-state index in [0.29, 0.717) is 51.9 Å². The Morgan fingerprint density at radius 1 is 1.25 bits per heavy atom. The molecule has 0 saturated carbocycles. The number of nitrogens with one attached hydrogen (secondary N) is 1. The van der Waals surface area contributed by atoms with Crippen LogP contribution in [-0.4, -0.2) is 25.4 Å². The van der Waals surface area contributed by atoms with Crippen molar-refractivity contribution in [1.82, 2.24) is 0 Å². The van der Waals surface area contributed by atoms with Gasteiger partial charge in [0.1, 0.15) is 17.4 Å². The van der Waals surface area contributed by atoms with Crippen molar-refractivity contribution in [2.45, 2.75) is 32.6 Å². The van der Waals surface area contributed by atoms with Crippen LogP contribution in [0, 0.1) is 16.7 Å². The number of rotatable bonds is 6. The molecule has 2 aliphatic rings. The molecule has 0 spiro atoms. The monoisotopic (exact) mass is 507 g/mol. The van der Waals surface area contributed by atoms with Crippen molar-refractivity contribution in [1.29, 1.82) is 5.26 Å². The molecule has 0 bridgehead atoms. The first-order chi connectivity index (χ1) is 17.1. The van der Waals surface area contributed by atoms with Crippen molar-refractivity contribution in [2.75, 3.05) is 19.0 Å². The maximum atomic E-state index is 13.1. The van der Waals surface area contributed by atoms with Crippen molar-refractivity contribution < 1.29 is 23.8 Å². The quantitative estimate of drug-likeness (QED) is 0.574. The van der Waals surface area contributed by atoms with E-state index in [9.17, 15) is 14.9 Å². The van der Waals surface area contributed by atoms with Crippen LogP contribution in [0.3, 0.4) is 0 Å². The SMILES string of the molecule is COc1cc([C@@H]2C(C#N)=C(N)OC3=C2C(=O)CC(C)(C)C3)ccc1OCC(=O)Nc1cccc(Cl)c1. The number of carbonyl (C=O) groups is 2. The fourth-order valence-corrected chi connectivity index (χ4v) is 4.70. The molecule has 36 heavy (non-hydrogen) atoms. The Labute approximate surface area is 214 Å². The zero-order valence-electron chi connectivity index (χ0n) is 20.2. The molecular weight excluding hydrogens is 482 g/mol. The number of halogens is 1. The van der Waals surface area contributed by atoms with Gasteiger partial charge in [-0.1, -0.05) is 37.6 Å². The molecule has 9 heteroatoms. The summed E-state index contributed by atoms with van der Waals surface area (Å²) in [6.07, 6.45) is 0.869. The van der Waals surface area contributed by atoms with Gasteiger partial charge in [-0.15, -0.1) is 0 Å². The van der Waals surface area contributed by atoms with Gasteiger partial charge in [-0.05, 0) is 41.3 Å². The number of allylic oxidation sites excluding steroid dienone is 3. The normalized spacial score (nSPS) is 18.6. The molecule has 186 valence electrons. The summed E-state index contributed by atoms with van der Waals surface area (Å²) in [5.41, 5.74) is 7.61. The smallest absolute Gasteiger partial charge is 0.262 e. The third-order valence-electron chi connectivity index (χ3n) is 6.06. The van der Waals surface area contributed by atoms with Crippen LogP contribution in [-0.2, 0) is 14.3 Å². The maximum absolute atomic E-state index is 13.1. The van der Waals surface area contributed by atoms with Gasteiger partial charge in [0, 0.05) is 29.1 Å². The Morgan fingerprint density at radius 3 is 2.72 bits per heavy atom. The lowest BCUT2D eigenvalue weighted by Gasteiger charge is -2.37. The van der Waals surface area contributed by atoms with E-state index in [1.807, 2.05) is 13.8 Å². The zero-order valence-corrected chi connectivity index (χ0v) is 20.9. The molecule has 1 heterocycles. The number of nitrogens with two attached hydrogens (primary N) is 1. The summed E-state index contributed by atoms with van der Waals surface area (Å²) in [5, 5.41) is 13.0. The predicted molar refractivity (Wildman–Crippen MR) is 134 cm³/mol. The minimum Gasteiger partial charge on any atom is -0.493 e. The van der Waals surface area contributed by atoms with Crippen LogP contribution in [0.15, 0.2) is 65.3 Å². The number of anilines is 1. The summed E-state index contributed by atoms with van der Waals surface area (Å²) < 4.78 is 16.9. The molecule has 0 unspecified atom stereocenters. The fourth-order valence-electron chi connectivity index (χ4n) is 4.51. The van der Waals surface area contributed by atoms with E-state index in [2.05, 4.69) is 11.4 Å². The third-order valence-corrected chi connectivity index (χ3v) is 6.30. The summed E-state index contributed by atoms with van der Waals surface area (Å²) >= 11 is 5.95. The van der Waals surface area contributed by atoms with Crippen LogP contribution in [0.5, 0.6) is 11.5 Å². The number of methoxy groups -OCH3 is 1. The molecule has 0 fully saturated rings. The van der Waals surface area contributed by atoms with E-state index in [1.54, 1.807) is 42.5 Å². The minimum atomic E-state index is -0.684. The number of amides is 1. The summed E-state index contributed by atoms with van der Waals surface area (Å²) in [6, 6.07) is 13.9. The Balaban J connectivity index is 1.59. The van der Waals surface area contributed by atoms with Crippen LogP contribution in [0.2, 0.25) is 5.02 Å². The van der Waals surface area contributed by atoms with Crippen LogP contribution in [0.4, 0.5) is 5.69 Å². The molecule has 8 nitrogen and oxygen atoms in total.